The lowest BCUT2D eigenvalue weighted by atomic mass is 9.92. The monoisotopic (exact) mass is 340 g/mol. The number of carbonyl (C=O) groups is 1. The maximum Gasteiger partial charge on any atom is 0.244 e. The second-order valence-electron chi connectivity index (χ2n) is 6.53. The van der Waals surface area contributed by atoms with Gasteiger partial charge in [0.05, 0.1) is 17.2 Å². The first-order valence-corrected chi connectivity index (χ1v) is 8.53. The van der Waals surface area contributed by atoms with Gasteiger partial charge in [-0.2, -0.15) is 0 Å². The molecule has 2 saturated heterocycles. The maximum atomic E-state index is 13.3. The van der Waals surface area contributed by atoms with Crippen molar-refractivity contribution in [3.63, 3.8) is 0 Å². The van der Waals surface area contributed by atoms with E-state index in [-0.39, 0.29) is 29.0 Å². The number of amides is 1. The molecular weight excluding hydrogens is 319 g/mol. The summed E-state index contributed by atoms with van der Waals surface area (Å²) in [5, 5.41) is 9.85. The first kappa shape index (κ1) is 16.7. The van der Waals surface area contributed by atoms with Crippen molar-refractivity contribution >= 4 is 23.2 Å². The van der Waals surface area contributed by atoms with Gasteiger partial charge in [-0.05, 0) is 56.8 Å². The van der Waals surface area contributed by atoms with Gasteiger partial charge in [0, 0.05) is 18.8 Å². The van der Waals surface area contributed by atoms with Crippen molar-refractivity contribution in [3.05, 3.63) is 29.0 Å². The highest BCUT2D eigenvalue weighted by Gasteiger charge is 2.39. The van der Waals surface area contributed by atoms with E-state index in [0.717, 1.165) is 32.4 Å². The Labute approximate surface area is 140 Å². The first-order chi connectivity index (χ1) is 11.0. The molecule has 1 N–H and O–H groups in total. The maximum absolute atomic E-state index is 13.3. The number of halogens is 2. The van der Waals surface area contributed by atoms with Gasteiger partial charge in [0.15, 0.2) is 0 Å². The topological polar surface area (TPSA) is 43.8 Å². The third kappa shape index (κ3) is 3.37. The number of hydrogen-bond acceptors (Lipinski definition) is 3. The van der Waals surface area contributed by atoms with E-state index in [1.54, 1.807) is 11.0 Å². The summed E-state index contributed by atoms with van der Waals surface area (Å²) in [5.74, 6) is -0.209. The molecule has 1 amide bonds. The molecule has 0 spiro atoms. The molecule has 2 heterocycles. The van der Waals surface area contributed by atoms with Crippen LogP contribution >= 0.6 is 11.6 Å². The van der Waals surface area contributed by atoms with Crippen LogP contribution in [-0.2, 0) is 4.79 Å². The molecular formula is C17H22ClFN2O2. The summed E-state index contributed by atoms with van der Waals surface area (Å²) in [6.45, 7) is 4.07. The predicted octanol–water partition coefficient (Wildman–Crippen LogP) is 2.68. The number of rotatable bonds is 3. The van der Waals surface area contributed by atoms with Crippen LogP contribution in [0.25, 0.3) is 0 Å². The number of piperidine rings is 1. The van der Waals surface area contributed by atoms with Gasteiger partial charge in [0.1, 0.15) is 5.82 Å². The minimum Gasteiger partial charge on any atom is -0.393 e. The summed E-state index contributed by atoms with van der Waals surface area (Å²) in [4.78, 5) is 16.6. The lowest BCUT2D eigenvalue weighted by Crippen LogP contribution is -2.48. The number of nitrogens with zero attached hydrogens (tertiary/aromatic N) is 2. The van der Waals surface area contributed by atoms with E-state index < -0.39 is 5.82 Å². The molecule has 0 aromatic heterocycles. The van der Waals surface area contributed by atoms with Crippen LogP contribution in [0.5, 0.6) is 0 Å². The van der Waals surface area contributed by atoms with E-state index in [1.165, 1.54) is 12.1 Å². The van der Waals surface area contributed by atoms with Crippen molar-refractivity contribution in [1.82, 2.24) is 4.90 Å². The quantitative estimate of drug-likeness (QED) is 0.920. The largest absolute Gasteiger partial charge is 0.393 e. The molecule has 6 heteroatoms. The van der Waals surface area contributed by atoms with Crippen molar-refractivity contribution in [2.75, 3.05) is 24.5 Å². The smallest absolute Gasteiger partial charge is 0.244 e. The number of hydrogen-bond donors (Lipinski definition) is 1. The van der Waals surface area contributed by atoms with Crippen molar-refractivity contribution in [2.24, 2.45) is 5.92 Å². The van der Waals surface area contributed by atoms with Crippen molar-refractivity contribution in [1.29, 1.82) is 0 Å². The van der Waals surface area contributed by atoms with Crippen LogP contribution < -0.4 is 4.90 Å². The summed E-state index contributed by atoms with van der Waals surface area (Å²) < 4.78 is 13.3. The van der Waals surface area contributed by atoms with Gasteiger partial charge < -0.3 is 10.0 Å². The van der Waals surface area contributed by atoms with E-state index in [0.29, 0.717) is 12.2 Å². The molecule has 23 heavy (non-hydrogen) atoms. The minimum atomic E-state index is -0.477. The summed E-state index contributed by atoms with van der Waals surface area (Å²) in [7, 11) is 0. The molecule has 3 rings (SSSR count). The van der Waals surface area contributed by atoms with Crippen LogP contribution in [-0.4, -0.2) is 47.7 Å². The first-order valence-electron chi connectivity index (χ1n) is 8.16. The zero-order valence-corrected chi connectivity index (χ0v) is 14.0. The number of aliphatic hydroxyl groups excluding tert-OH is 1. The van der Waals surface area contributed by atoms with Crippen LogP contribution in [0, 0.1) is 11.7 Å². The predicted molar refractivity (Wildman–Crippen MR) is 88.1 cm³/mol. The Bertz CT molecular complexity index is 596. The Hall–Kier alpha value is -1.17. The zero-order valence-electron chi connectivity index (χ0n) is 13.2. The Morgan fingerprint density at radius 1 is 1.35 bits per heavy atom. The summed E-state index contributed by atoms with van der Waals surface area (Å²) in [6.07, 6.45) is 2.41. The van der Waals surface area contributed by atoms with E-state index in [4.69, 9.17) is 11.6 Å². The third-order valence-corrected chi connectivity index (χ3v) is 5.29. The van der Waals surface area contributed by atoms with Crippen LogP contribution in [0.3, 0.4) is 0 Å². The van der Waals surface area contributed by atoms with Crippen LogP contribution in [0.4, 0.5) is 10.1 Å². The highest BCUT2D eigenvalue weighted by Crippen LogP contribution is 2.30. The van der Waals surface area contributed by atoms with Gasteiger partial charge in [0.25, 0.3) is 0 Å². The minimum absolute atomic E-state index is 0.0332. The second kappa shape index (κ2) is 6.75. The summed E-state index contributed by atoms with van der Waals surface area (Å²) >= 11 is 5.83. The van der Waals surface area contributed by atoms with E-state index >= 15 is 0 Å². The van der Waals surface area contributed by atoms with E-state index in [9.17, 15) is 14.3 Å². The fourth-order valence-corrected chi connectivity index (χ4v) is 3.80. The molecule has 2 aliphatic heterocycles. The Balaban J connectivity index is 1.72. The average molecular weight is 341 g/mol. The molecule has 1 aromatic rings. The van der Waals surface area contributed by atoms with Gasteiger partial charge in [-0.25, -0.2) is 4.39 Å². The highest BCUT2D eigenvalue weighted by atomic mass is 35.5. The SMILES string of the molecule is C[C@H](O)[C@H]1CCCN([C@H]2CCN(c3ccc(F)c(Cl)c3)C2=O)C1. The van der Waals surface area contributed by atoms with Crippen molar-refractivity contribution in [2.45, 2.75) is 38.3 Å². The van der Waals surface area contributed by atoms with Crippen molar-refractivity contribution < 1.29 is 14.3 Å². The van der Waals surface area contributed by atoms with Gasteiger partial charge in [-0.15, -0.1) is 0 Å². The summed E-state index contributed by atoms with van der Waals surface area (Å²) in [6, 6.07) is 4.24. The van der Waals surface area contributed by atoms with Crippen LogP contribution in [0.15, 0.2) is 18.2 Å². The molecule has 4 nitrogen and oxygen atoms in total. The van der Waals surface area contributed by atoms with Gasteiger partial charge in [-0.1, -0.05) is 11.6 Å². The number of anilines is 1. The van der Waals surface area contributed by atoms with Crippen molar-refractivity contribution in [3.8, 4) is 0 Å². The highest BCUT2D eigenvalue weighted by molar-refractivity contribution is 6.31. The fourth-order valence-electron chi connectivity index (χ4n) is 3.63. The van der Waals surface area contributed by atoms with Crippen LogP contribution in [0.1, 0.15) is 26.2 Å². The fraction of sp³-hybridized carbons (Fsp3) is 0.588. The second-order valence-corrected chi connectivity index (χ2v) is 6.94. The average Bonchev–Trinajstić information content (AvgIpc) is 2.92. The Kier molecular flexibility index (Phi) is 4.90. The lowest BCUT2D eigenvalue weighted by molar-refractivity contribution is -0.122. The zero-order chi connectivity index (χ0) is 16.6. The molecule has 2 aliphatic rings. The molecule has 0 saturated carbocycles. The molecule has 2 fully saturated rings. The molecule has 0 radical (unpaired) electrons. The number of benzene rings is 1. The molecule has 3 atom stereocenters. The molecule has 0 aliphatic carbocycles. The Morgan fingerprint density at radius 2 is 2.13 bits per heavy atom. The van der Waals surface area contributed by atoms with Gasteiger partial charge >= 0.3 is 0 Å². The van der Waals surface area contributed by atoms with Gasteiger partial charge in [-0.3, -0.25) is 9.69 Å². The normalized spacial score (nSPS) is 27.5. The summed E-state index contributed by atoms with van der Waals surface area (Å²) in [5.41, 5.74) is 0.646. The van der Waals surface area contributed by atoms with E-state index in [1.807, 2.05) is 6.92 Å². The molecule has 0 unspecified atom stereocenters. The Morgan fingerprint density at radius 3 is 2.83 bits per heavy atom. The van der Waals surface area contributed by atoms with E-state index in [2.05, 4.69) is 4.90 Å². The lowest BCUT2D eigenvalue weighted by Gasteiger charge is -2.37. The third-order valence-electron chi connectivity index (χ3n) is 5.00. The molecule has 0 bridgehead atoms. The number of likely N-dealkylation sites (tertiary alicyclic amines) is 1. The number of aliphatic hydroxyl groups is 1. The number of carbonyl (C=O) groups excluding carboxylic acids is 1. The van der Waals surface area contributed by atoms with Crippen LogP contribution in [0.2, 0.25) is 5.02 Å². The molecule has 126 valence electrons. The standard InChI is InChI=1S/C17H22ClFN2O2/c1-11(22)12-3-2-7-20(10-12)16-6-8-21(17(16)23)13-4-5-15(19)14(18)9-13/h4-5,9,11-12,16,22H,2-3,6-8,10H2,1H3/t11-,12-,16-/m0/s1. The van der Waals surface area contributed by atoms with Gasteiger partial charge in [0.2, 0.25) is 5.91 Å². The molecule has 1 aromatic carbocycles.